The Morgan fingerprint density at radius 1 is 1.38 bits per heavy atom. The fourth-order valence-electron chi connectivity index (χ4n) is 1.98. The predicted octanol–water partition coefficient (Wildman–Crippen LogP) is 3.29. The number of hydrogen-bond donors (Lipinski definition) is 1. The summed E-state index contributed by atoms with van der Waals surface area (Å²) in [7, 11) is 3.76. The molecule has 0 aliphatic heterocycles. The Hall–Kier alpha value is -1.59. The Kier molecular flexibility index (Phi) is 5.59. The third kappa shape index (κ3) is 4.72. The summed E-state index contributed by atoms with van der Waals surface area (Å²) in [4.78, 5) is 6.85. The largest absolute Gasteiger partial charge is 0.497 e. The molecule has 2 aromatic rings. The van der Waals surface area contributed by atoms with Gasteiger partial charge in [0.05, 0.1) is 19.3 Å². The van der Waals surface area contributed by atoms with E-state index >= 15 is 0 Å². The molecule has 0 saturated heterocycles. The smallest absolute Gasteiger partial charge is 0.120 e. The van der Waals surface area contributed by atoms with Crippen LogP contribution in [0.3, 0.4) is 0 Å². The molecule has 4 nitrogen and oxygen atoms in total. The molecule has 1 aromatic heterocycles. The van der Waals surface area contributed by atoms with Crippen LogP contribution in [0.15, 0.2) is 29.6 Å². The molecule has 0 saturated carbocycles. The topological polar surface area (TPSA) is 37.4 Å². The average molecular weight is 305 g/mol. The SMILES string of the molecule is COc1cccc(N(C)Cc2csc(CNC(C)C)n2)c1. The van der Waals surface area contributed by atoms with Gasteiger partial charge in [-0.25, -0.2) is 4.98 Å². The van der Waals surface area contributed by atoms with Crippen LogP contribution in [0.5, 0.6) is 5.75 Å². The summed E-state index contributed by atoms with van der Waals surface area (Å²) in [5.41, 5.74) is 2.23. The summed E-state index contributed by atoms with van der Waals surface area (Å²) >= 11 is 1.71. The van der Waals surface area contributed by atoms with E-state index in [0.717, 1.165) is 35.2 Å². The van der Waals surface area contributed by atoms with Crippen molar-refractivity contribution in [3.05, 3.63) is 40.3 Å². The Morgan fingerprint density at radius 2 is 2.19 bits per heavy atom. The van der Waals surface area contributed by atoms with E-state index in [4.69, 9.17) is 4.74 Å². The van der Waals surface area contributed by atoms with Gasteiger partial charge in [0.15, 0.2) is 0 Å². The Balaban J connectivity index is 1.97. The number of methoxy groups -OCH3 is 1. The quantitative estimate of drug-likeness (QED) is 0.852. The normalized spacial score (nSPS) is 10.9. The van der Waals surface area contributed by atoms with E-state index in [0.29, 0.717) is 6.04 Å². The minimum atomic E-state index is 0.483. The Bertz CT molecular complexity index is 568. The van der Waals surface area contributed by atoms with Gasteiger partial charge >= 0.3 is 0 Å². The van der Waals surface area contributed by atoms with Crippen LogP contribution in [0.4, 0.5) is 5.69 Å². The van der Waals surface area contributed by atoms with Crippen LogP contribution in [0.2, 0.25) is 0 Å². The molecule has 5 heteroatoms. The second-order valence-electron chi connectivity index (χ2n) is 5.33. The summed E-state index contributed by atoms with van der Waals surface area (Å²) in [6.07, 6.45) is 0. The third-order valence-electron chi connectivity index (χ3n) is 3.15. The highest BCUT2D eigenvalue weighted by atomic mass is 32.1. The Labute approximate surface area is 130 Å². The minimum Gasteiger partial charge on any atom is -0.497 e. The molecule has 114 valence electrons. The molecule has 0 unspecified atom stereocenters. The number of aromatic nitrogens is 1. The summed E-state index contributed by atoms with van der Waals surface area (Å²) in [6, 6.07) is 8.56. The summed E-state index contributed by atoms with van der Waals surface area (Å²) in [5.74, 6) is 0.874. The molecule has 0 aliphatic carbocycles. The first-order valence-electron chi connectivity index (χ1n) is 7.10. The lowest BCUT2D eigenvalue weighted by molar-refractivity contribution is 0.415. The molecule has 0 spiro atoms. The van der Waals surface area contributed by atoms with Crippen LogP contribution in [0.1, 0.15) is 24.5 Å². The minimum absolute atomic E-state index is 0.483. The van der Waals surface area contributed by atoms with Crippen LogP contribution in [-0.4, -0.2) is 25.2 Å². The fourth-order valence-corrected chi connectivity index (χ4v) is 2.71. The highest BCUT2D eigenvalue weighted by molar-refractivity contribution is 7.09. The molecule has 1 aromatic carbocycles. The number of rotatable bonds is 7. The molecule has 0 bridgehead atoms. The highest BCUT2D eigenvalue weighted by Gasteiger charge is 2.07. The van der Waals surface area contributed by atoms with Crippen molar-refractivity contribution in [3.8, 4) is 5.75 Å². The zero-order valence-electron chi connectivity index (χ0n) is 13.1. The van der Waals surface area contributed by atoms with Gasteiger partial charge in [-0.1, -0.05) is 19.9 Å². The molecule has 0 fully saturated rings. The van der Waals surface area contributed by atoms with Crippen molar-refractivity contribution in [2.75, 3.05) is 19.1 Å². The molecule has 2 rings (SSSR count). The van der Waals surface area contributed by atoms with Gasteiger partial charge in [-0.3, -0.25) is 0 Å². The monoisotopic (exact) mass is 305 g/mol. The zero-order chi connectivity index (χ0) is 15.2. The van der Waals surface area contributed by atoms with Gasteiger partial charge in [0.25, 0.3) is 0 Å². The maximum absolute atomic E-state index is 5.27. The number of nitrogens with zero attached hydrogens (tertiary/aromatic N) is 2. The first kappa shape index (κ1) is 15.8. The van der Waals surface area contributed by atoms with Crippen molar-refractivity contribution < 1.29 is 4.74 Å². The predicted molar refractivity (Wildman–Crippen MR) is 89.2 cm³/mol. The van der Waals surface area contributed by atoms with Gasteiger partial charge in [0.1, 0.15) is 10.8 Å². The van der Waals surface area contributed by atoms with Crippen LogP contribution >= 0.6 is 11.3 Å². The standard InChI is InChI=1S/C16H23N3OS/c1-12(2)17-9-16-18-13(11-21-16)10-19(3)14-6-5-7-15(8-14)20-4/h5-8,11-12,17H,9-10H2,1-4H3. The second kappa shape index (κ2) is 7.43. The highest BCUT2D eigenvalue weighted by Crippen LogP contribution is 2.21. The lowest BCUT2D eigenvalue weighted by Crippen LogP contribution is -2.22. The Morgan fingerprint density at radius 3 is 2.90 bits per heavy atom. The summed E-state index contributed by atoms with van der Waals surface area (Å²) < 4.78 is 5.27. The number of hydrogen-bond acceptors (Lipinski definition) is 5. The molecular formula is C16H23N3OS. The van der Waals surface area contributed by atoms with Gasteiger partial charge in [0, 0.05) is 36.8 Å². The van der Waals surface area contributed by atoms with Crippen molar-refractivity contribution in [1.82, 2.24) is 10.3 Å². The second-order valence-corrected chi connectivity index (χ2v) is 6.27. The van der Waals surface area contributed by atoms with E-state index in [1.165, 1.54) is 0 Å². The van der Waals surface area contributed by atoms with Gasteiger partial charge in [-0.15, -0.1) is 11.3 Å². The first-order valence-corrected chi connectivity index (χ1v) is 7.98. The number of nitrogens with one attached hydrogen (secondary N) is 1. The van der Waals surface area contributed by atoms with Gasteiger partial charge in [-0.2, -0.15) is 0 Å². The van der Waals surface area contributed by atoms with E-state index in [1.807, 2.05) is 18.2 Å². The number of benzene rings is 1. The molecular weight excluding hydrogens is 282 g/mol. The number of thiazole rings is 1. The van der Waals surface area contributed by atoms with Crippen molar-refractivity contribution in [3.63, 3.8) is 0 Å². The maximum Gasteiger partial charge on any atom is 0.120 e. The molecule has 0 atom stereocenters. The number of anilines is 1. The van der Waals surface area contributed by atoms with Crippen LogP contribution < -0.4 is 15.0 Å². The molecule has 0 radical (unpaired) electrons. The average Bonchev–Trinajstić information content (AvgIpc) is 2.92. The summed E-state index contributed by atoms with van der Waals surface area (Å²) in [6.45, 7) is 5.92. The van der Waals surface area contributed by atoms with E-state index in [9.17, 15) is 0 Å². The van der Waals surface area contributed by atoms with Gasteiger partial charge in [0.2, 0.25) is 0 Å². The lowest BCUT2D eigenvalue weighted by atomic mass is 10.2. The zero-order valence-corrected chi connectivity index (χ0v) is 13.9. The van der Waals surface area contributed by atoms with Gasteiger partial charge in [-0.05, 0) is 12.1 Å². The number of ether oxygens (including phenoxy) is 1. The molecule has 0 amide bonds. The van der Waals surface area contributed by atoms with E-state index in [2.05, 4.69) is 47.5 Å². The van der Waals surface area contributed by atoms with E-state index < -0.39 is 0 Å². The van der Waals surface area contributed by atoms with Crippen LogP contribution in [-0.2, 0) is 13.1 Å². The molecule has 1 heterocycles. The van der Waals surface area contributed by atoms with Crippen molar-refractivity contribution in [2.24, 2.45) is 0 Å². The van der Waals surface area contributed by atoms with Crippen molar-refractivity contribution in [2.45, 2.75) is 33.0 Å². The first-order chi connectivity index (χ1) is 10.1. The lowest BCUT2D eigenvalue weighted by Gasteiger charge is -2.18. The van der Waals surface area contributed by atoms with Crippen LogP contribution in [0, 0.1) is 0 Å². The van der Waals surface area contributed by atoms with Crippen molar-refractivity contribution >= 4 is 17.0 Å². The molecule has 0 aliphatic rings. The van der Waals surface area contributed by atoms with E-state index in [-0.39, 0.29) is 0 Å². The maximum atomic E-state index is 5.27. The van der Waals surface area contributed by atoms with Crippen molar-refractivity contribution in [1.29, 1.82) is 0 Å². The van der Waals surface area contributed by atoms with E-state index in [1.54, 1.807) is 18.4 Å². The molecule has 21 heavy (non-hydrogen) atoms. The fraction of sp³-hybridized carbons (Fsp3) is 0.438. The molecule has 1 N–H and O–H groups in total. The van der Waals surface area contributed by atoms with Crippen LogP contribution in [0.25, 0.3) is 0 Å². The van der Waals surface area contributed by atoms with Gasteiger partial charge < -0.3 is 15.0 Å². The third-order valence-corrected chi connectivity index (χ3v) is 4.05. The summed E-state index contributed by atoms with van der Waals surface area (Å²) in [5, 5.41) is 6.66.